The van der Waals surface area contributed by atoms with Crippen LogP contribution in [0.5, 0.6) is 5.75 Å². The Morgan fingerprint density at radius 2 is 2.25 bits per heavy atom. The molecule has 1 aliphatic heterocycles. The molecule has 0 N–H and O–H groups in total. The molecule has 1 aliphatic rings. The molecule has 12 heavy (non-hydrogen) atoms. The smallest absolute Gasteiger partial charge is 0.137 e. The highest BCUT2D eigenvalue weighted by molar-refractivity contribution is 9.10. The van der Waals surface area contributed by atoms with Crippen LogP contribution in [0, 0.1) is 5.82 Å². The molecule has 64 valence electrons. The molecule has 0 unspecified atom stereocenters. The molecule has 0 spiro atoms. The van der Waals surface area contributed by atoms with Gasteiger partial charge in [0.15, 0.2) is 0 Å². The molecule has 0 atom stereocenters. The predicted octanol–water partition coefficient (Wildman–Crippen LogP) is 2.91. The number of ether oxygens (including phenoxy) is 1. The second-order valence-electron chi connectivity index (χ2n) is 2.83. The van der Waals surface area contributed by atoms with Crippen molar-refractivity contribution in [3.8, 4) is 5.75 Å². The van der Waals surface area contributed by atoms with Crippen molar-refractivity contribution in [3.05, 3.63) is 28.0 Å². The van der Waals surface area contributed by atoms with Gasteiger partial charge in [-0.3, -0.25) is 0 Å². The average molecular weight is 231 g/mol. The van der Waals surface area contributed by atoms with Gasteiger partial charge < -0.3 is 4.74 Å². The van der Waals surface area contributed by atoms with Gasteiger partial charge in [-0.15, -0.1) is 0 Å². The first-order valence-electron chi connectivity index (χ1n) is 3.88. The fraction of sp³-hybridized carbons (Fsp3) is 0.333. The van der Waals surface area contributed by atoms with Crippen LogP contribution in [0.15, 0.2) is 16.6 Å². The fourth-order valence-electron chi connectivity index (χ4n) is 1.34. The summed E-state index contributed by atoms with van der Waals surface area (Å²) in [4.78, 5) is 0. The van der Waals surface area contributed by atoms with Gasteiger partial charge in [0.2, 0.25) is 0 Å². The molecule has 0 saturated carbocycles. The number of halogens is 2. The first kappa shape index (κ1) is 8.05. The summed E-state index contributed by atoms with van der Waals surface area (Å²) in [6, 6.07) is 3.24. The largest absolute Gasteiger partial charge is 0.493 e. The summed E-state index contributed by atoms with van der Waals surface area (Å²) < 4.78 is 18.8. The van der Waals surface area contributed by atoms with Gasteiger partial charge in [0.25, 0.3) is 0 Å². The van der Waals surface area contributed by atoms with E-state index in [0.717, 1.165) is 30.8 Å². The quantitative estimate of drug-likeness (QED) is 0.667. The summed E-state index contributed by atoms with van der Waals surface area (Å²) in [5, 5.41) is 0. The second-order valence-corrected chi connectivity index (χ2v) is 3.68. The van der Waals surface area contributed by atoms with Crippen molar-refractivity contribution in [3.63, 3.8) is 0 Å². The van der Waals surface area contributed by atoms with Crippen LogP contribution in [0.1, 0.15) is 12.0 Å². The summed E-state index contributed by atoms with van der Waals surface area (Å²) in [5.74, 6) is 0.605. The summed E-state index contributed by atoms with van der Waals surface area (Å²) >= 11 is 3.12. The molecule has 0 bridgehead atoms. The lowest BCUT2D eigenvalue weighted by Gasteiger charge is -2.17. The first-order chi connectivity index (χ1) is 5.77. The van der Waals surface area contributed by atoms with Crippen LogP contribution in [-0.2, 0) is 6.42 Å². The maximum Gasteiger partial charge on any atom is 0.137 e. The van der Waals surface area contributed by atoms with Gasteiger partial charge in [0, 0.05) is 0 Å². The van der Waals surface area contributed by atoms with E-state index in [1.165, 1.54) is 0 Å². The van der Waals surface area contributed by atoms with Crippen LogP contribution < -0.4 is 4.74 Å². The number of fused-ring (bicyclic) bond motifs is 1. The highest BCUT2D eigenvalue weighted by Crippen LogP contribution is 2.30. The highest BCUT2D eigenvalue weighted by Gasteiger charge is 2.12. The van der Waals surface area contributed by atoms with E-state index in [0.29, 0.717) is 4.47 Å². The Labute approximate surface area is 78.7 Å². The van der Waals surface area contributed by atoms with E-state index >= 15 is 0 Å². The van der Waals surface area contributed by atoms with Gasteiger partial charge in [-0.05, 0) is 46.5 Å². The molecule has 1 nitrogen and oxygen atoms in total. The van der Waals surface area contributed by atoms with Crippen LogP contribution in [0.25, 0.3) is 0 Å². The molecule has 2 rings (SSSR count). The SMILES string of the molecule is Fc1cc2c(cc1Br)OCCC2. The molecule has 0 aromatic heterocycles. The topological polar surface area (TPSA) is 9.23 Å². The van der Waals surface area contributed by atoms with E-state index in [1.807, 2.05) is 0 Å². The van der Waals surface area contributed by atoms with Crippen molar-refractivity contribution in [1.82, 2.24) is 0 Å². The van der Waals surface area contributed by atoms with E-state index in [4.69, 9.17) is 4.74 Å². The van der Waals surface area contributed by atoms with Gasteiger partial charge in [-0.2, -0.15) is 0 Å². The number of hydrogen-bond acceptors (Lipinski definition) is 1. The van der Waals surface area contributed by atoms with Gasteiger partial charge in [0.05, 0.1) is 11.1 Å². The lowest BCUT2D eigenvalue weighted by molar-refractivity contribution is 0.287. The van der Waals surface area contributed by atoms with Crippen molar-refractivity contribution >= 4 is 15.9 Å². The van der Waals surface area contributed by atoms with Crippen LogP contribution in [-0.4, -0.2) is 6.61 Å². The second kappa shape index (κ2) is 3.05. The van der Waals surface area contributed by atoms with Crippen molar-refractivity contribution in [2.75, 3.05) is 6.61 Å². The molecule has 0 fully saturated rings. The molecule has 0 radical (unpaired) electrons. The Balaban J connectivity index is 2.49. The number of rotatable bonds is 0. The third kappa shape index (κ3) is 1.33. The predicted molar refractivity (Wildman–Crippen MR) is 47.9 cm³/mol. The maximum atomic E-state index is 13.0. The monoisotopic (exact) mass is 230 g/mol. The number of aryl methyl sites for hydroxylation is 1. The molecule has 0 amide bonds. The van der Waals surface area contributed by atoms with Gasteiger partial charge in [0.1, 0.15) is 11.6 Å². The Morgan fingerprint density at radius 3 is 3.08 bits per heavy atom. The molecular formula is C9H8BrFO. The molecule has 1 aromatic rings. The molecule has 0 saturated heterocycles. The van der Waals surface area contributed by atoms with Crippen molar-refractivity contribution in [1.29, 1.82) is 0 Å². The van der Waals surface area contributed by atoms with Crippen LogP contribution in [0.2, 0.25) is 0 Å². The molecule has 0 aliphatic carbocycles. The third-order valence-corrected chi connectivity index (χ3v) is 2.56. The fourth-order valence-corrected chi connectivity index (χ4v) is 1.67. The molecule has 3 heteroatoms. The van der Waals surface area contributed by atoms with Crippen molar-refractivity contribution in [2.24, 2.45) is 0 Å². The normalized spacial score (nSPS) is 15.2. The minimum atomic E-state index is -0.209. The Hall–Kier alpha value is -0.570. The number of hydrogen-bond donors (Lipinski definition) is 0. The van der Waals surface area contributed by atoms with E-state index in [9.17, 15) is 4.39 Å². The van der Waals surface area contributed by atoms with Crippen molar-refractivity contribution in [2.45, 2.75) is 12.8 Å². The van der Waals surface area contributed by atoms with E-state index in [2.05, 4.69) is 15.9 Å². The first-order valence-corrected chi connectivity index (χ1v) is 4.67. The lowest BCUT2D eigenvalue weighted by atomic mass is 10.1. The van der Waals surface area contributed by atoms with Crippen molar-refractivity contribution < 1.29 is 9.13 Å². The Bertz CT molecular complexity index is 281. The van der Waals surface area contributed by atoms with E-state index in [1.54, 1.807) is 12.1 Å². The van der Waals surface area contributed by atoms with Crippen LogP contribution in [0.4, 0.5) is 4.39 Å². The molecule has 1 heterocycles. The zero-order valence-electron chi connectivity index (χ0n) is 6.44. The molecule has 1 aromatic carbocycles. The van der Waals surface area contributed by atoms with Gasteiger partial charge in [-0.25, -0.2) is 4.39 Å². The Kier molecular flexibility index (Phi) is 2.05. The number of benzene rings is 1. The minimum absolute atomic E-state index is 0.209. The minimum Gasteiger partial charge on any atom is -0.493 e. The Morgan fingerprint density at radius 1 is 1.42 bits per heavy atom. The van der Waals surface area contributed by atoms with E-state index in [-0.39, 0.29) is 5.82 Å². The highest BCUT2D eigenvalue weighted by atomic mass is 79.9. The maximum absolute atomic E-state index is 13.0. The van der Waals surface area contributed by atoms with E-state index < -0.39 is 0 Å². The van der Waals surface area contributed by atoms with Crippen LogP contribution >= 0.6 is 15.9 Å². The average Bonchev–Trinajstić information content (AvgIpc) is 2.07. The third-order valence-electron chi connectivity index (χ3n) is 1.95. The molecular weight excluding hydrogens is 223 g/mol. The lowest BCUT2D eigenvalue weighted by Crippen LogP contribution is -2.08. The van der Waals surface area contributed by atoms with Crippen LogP contribution in [0.3, 0.4) is 0 Å². The van der Waals surface area contributed by atoms with Gasteiger partial charge in [-0.1, -0.05) is 0 Å². The summed E-state index contributed by atoms with van der Waals surface area (Å²) in [6.45, 7) is 0.741. The standard InChI is InChI=1S/C9H8BrFO/c10-7-5-9-6(4-8(7)11)2-1-3-12-9/h4-5H,1-3H2. The zero-order valence-corrected chi connectivity index (χ0v) is 8.03. The zero-order chi connectivity index (χ0) is 8.55. The summed E-state index contributed by atoms with van der Waals surface area (Å²) in [7, 11) is 0. The summed E-state index contributed by atoms with van der Waals surface area (Å²) in [5.41, 5.74) is 0.974. The van der Waals surface area contributed by atoms with Gasteiger partial charge >= 0.3 is 0 Å². The summed E-state index contributed by atoms with van der Waals surface area (Å²) in [6.07, 6.45) is 1.90.